The molecule has 3 N–H and O–H groups in total. The van der Waals surface area contributed by atoms with Crippen LogP contribution in [0.4, 0.5) is 0 Å². The Morgan fingerprint density at radius 3 is 0.975 bits per heavy atom. The van der Waals surface area contributed by atoms with Crippen molar-refractivity contribution in [1.29, 1.82) is 0 Å². The van der Waals surface area contributed by atoms with Crippen molar-refractivity contribution in [3.8, 4) is 0 Å². The van der Waals surface area contributed by atoms with Gasteiger partial charge in [-0.2, -0.15) is 0 Å². The van der Waals surface area contributed by atoms with Gasteiger partial charge < -0.3 is 20.3 Å². The summed E-state index contributed by atoms with van der Waals surface area (Å²) in [5.41, 5.74) is 0. The third kappa shape index (κ3) is 64.6. The third-order valence-corrected chi connectivity index (χ3v) is 16.0. The van der Waals surface area contributed by atoms with Gasteiger partial charge >= 0.3 is 5.97 Å². The van der Waals surface area contributed by atoms with Gasteiger partial charge in [-0.1, -0.05) is 331 Å². The van der Waals surface area contributed by atoms with Gasteiger partial charge in [0.05, 0.1) is 25.4 Å². The van der Waals surface area contributed by atoms with Crippen molar-refractivity contribution in [2.24, 2.45) is 0 Å². The Kier molecular flexibility index (Phi) is 66.0. The summed E-state index contributed by atoms with van der Waals surface area (Å²) < 4.78 is 5.43. The second kappa shape index (κ2) is 68.1. The molecule has 79 heavy (non-hydrogen) atoms. The molecule has 0 aliphatic carbocycles. The zero-order valence-corrected chi connectivity index (χ0v) is 52.9. The molecule has 6 heteroatoms. The Morgan fingerprint density at radius 1 is 0.354 bits per heavy atom. The SMILES string of the molecule is CCCCCC/C=C\C/C=C\CCCCCCCCCC(=O)OCC/C=C\C/C=C\CCCCCCCCCCCCCCCCC(=O)NC(CO)C(O)/C=C/CCCCCCCCCCCCCCCCCCCCCCC. The maximum atomic E-state index is 12.5. The highest BCUT2D eigenvalue weighted by Crippen LogP contribution is 2.18. The minimum absolute atomic E-state index is 0.0431. The predicted octanol–water partition coefficient (Wildman–Crippen LogP) is 22.6. The van der Waals surface area contributed by atoms with Crippen LogP contribution in [0.15, 0.2) is 60.8 Å². The molecule has 0 aliphatic heterocycles. The quantitative estimate of drug-likeness (QED) is 0.0320. The summed E-state index contributed by atoms with van der Waals surface area (Å²) in [7, 11) is 0. The summed E-state index contributed by atoms with van der Waals surface area (Å²) in [4.78, 5) is 24.6. The lowest BCUT2D eigenvalue weighted by Crippen LogP contribution is -2.45. The summed E-state index contributed by atoms with van der Waals surface area (Å²) in [6.07, 6.45) is 90.2. The van der Waals surface area contributed by atoms with Crippen LogP contribution in [-0.2, 0) is 14.3 Å². The number of ether oxygens (including phenoxy) is 1. The number of hydrogen-bond acceptors (Lipinski definition) is 5. The zero-order valence-electron chi connectivity index (χ0n) is 52.9. The molecule has 0 heterocycles. The lowest BCUT2D eigenvalue weighted by atomic mass is 10.0. The van der Waals surface area contributed by atoms with Gasteiger partial charge in [0, 0.05) is 12.8 Å². The molecule has 6 nitrogen and oxygen atoms in total. The number of rotatable bonds is 65. The molecular formula is C73H135NO5. The Balaban J connectivity index is 3.48. The minimum atomic E-state index is -0.851. The molecule has 0 fully saturated rings. The number of esters is 1. The highest BCUT2D eigenvalue weighted by Gasteiger charge is 2.18. The molecular weight excluding hydrogens is 971 g/mol. The normalized spacial score (nSPS) is 12.9. The largest absolute Gasteiger partial charge is 0.465 e. The van der Waals surface area contributed by atoms with Crippen LogP contribution in [0.25, 0.3) is 0 Å². The van der Waals surface area contributed by atoms with E-state index in [0.29, 0.717) is 19.4 Å². The average molecular weight is 1110 g/mol. The maximum Gasteiger partial charge on any atom is 0.305 e. The lowest BCUT2D eigenvalue weighted by Gasteiger charge is -2.20. The summed E-state index contributed by atoms with van der Waals surface area (Å²) in [5, 5.41) is 23.3. The van der Waals surface area contributed by atoms with Crippen molar-refractivity contribution in [3.63, 3.8) is 0 Å². The minimum Gasteiger partial charge on any atom is -0.465 e. The van der Waals surface area contributed by atoms with Crippen LogP contribution in [0.2, 0.25) is 0 Å². The van der Waals surface area contributed by atoms with Crippen molar-refractivity contribution in [2.75, 3.05) is 13.2 Å². The molecule has 0 aliphatic rings. The number of unbranched alkanes of at least 4 members (excludes halogenated alkanes) is 46. The van der Waals surface area contributed by atoms with Gasteiger partial charge in [0.2, 0.25) is 5.91 Å². The molecule has 0 spiro atoms. The number of aliphatic hydroxyl groups is 2. The van der Waals surface area contributed by atoms with E-state index in [9.17, 15) is 19.8 Å². The molecule has 0 aromatic carbocycles. The Bertz CT molecular complexity index is 1370. The van der Waals surface area contributed by atoms with E-state index in [1.807, 2.05) is 6.08 Å². The first-order valence-electron chi connectivity index (χ1n) is 35.1. The van der Waals surface area contributed by atoms with Crippen molar-refractivity contribution in [1.82, 2.24) is 5.32 Å². The molecule has 0 bridgehead atoms. The van der Waals surface area contributed by atoms with Crippen LogP contribution in [-0.4, -0.2) is 47.4 Å². The van der Waals surface area contributed by atoms with Gasteiger partial charge in [0.25, 0.3) is 0 Å². The van der Waals surface area contributed by atoms with E-state index in [2.05, 4.69) is 67.8 Å². The molecule has 2 atom stereocenters. The second-order valence-corrected chi connectivity index (χ2v) is 23.9. The highest BCUT2D eigenvalue weighted by molar-refractivity contribution is 5.76. The zero-order chi connectivity index (χ0) is 57.1. The average Bonchev–Trinajstić information content (AvgIpc) is 3.45. The van der Waals surface area contributed by atoms with Gasteiger partial charge in [-0.25, -0.2) is 0 Å². The van der Waals surface area contributed by atoms with E-state index < -0.39 is 12.1 Å². The van der Waals surface area contributed by atoms with Crippen LogP contribution >= 0.6 is 0 Å². The van der Waals surface area contributed by atoms with Crippen molar-refractivity contribution >= 4 is 11.9 Å². The number of nitrogens with one attached hydrogen (secondary N) is 1. The molecule has 0 rings (SSSR count). The Hall–Kier alpha value is -2.44. The first-order chi connectivity index (χ1) is 39.0. The monoisotopic (exact) mass is 1110 g/mol. The molecule has 2 unspecified atom stereocenters. The van der Waals surface area contributed by atoms with Crippen molar-refractivity contribution in [2.45, 2.75) is 379 Å². The summed E-state index contributed by atoms with van der Waals surface area (Å²) in [5.74, 6) is -0.113. The standard InChI is InChI=1S/C73H135NO5/c1-3-5-7-9-11-13-15-17-19-21-23-24-25-27-30-33-37-41-45-49-53-57-61-65-71(76)70(69-75)74-72(77)66-62-58-54-50-46-42-38-34-31-28-26-29-32-36-40-44-48-52-56-60-64-68-79-73(78)67-63-59-55-51-47-43-39-35-22-20-18-16-14-12-10-8-6-4-2/h14,16,20,22,44,48,56,60-61,65,70-71,75-76H,3-13,15,17-19,21,23-43,45-47,49-55,57-59,62-64,66-69H2,1-2H3,(H,74,77)/b16-14-,22-20-,48-44-,60-56-,65-61+. The molecule has 0 aromatic rings. The van der Waals surface area contributed by atoms with Gasteiger partial charge in [-0.05, 0) is 83.5 Å². The third-order valence-electron chi connectivity index (χ3n) is 16.0. The number of carbonyl (C=O) groups excluding carboxylic acids is 2. The maximum absolute atomic E-state index is 12.5. The molecule has 462 valence electrons. The first kappa shape index (κ1) is 76.6. The molecule has 0 saturated heterocycles. The van der Waals surface area contributed by atoms with E-state index in [1.54, 1.807) is 6.08 Å². The Morgan fingerprint density at radius 2 is 0.633 bits per heavy atom. The van der Waals surface area contributed by atoms with E-state index in [-0.39, 0.29) is 18.5 Å². The van der Waals surface area contributed by atoms with Crippen LogP contribution < -0.4 is 5.32 Å². The van der Waals surface area contributed by atoms with Gasteiger partial charge in [0.15, 0.2) is 0 Å². The number of hydrogen-bond donors (Lipinski definition) is 3. The second-order valence-electron chi connectivity index (χ2n) is 23.9. The number of aliphatic hydroxyl groups excluding tert-OH is 2. The van der Waals surface area contributed by atoms with Crippen molar-refractivity contribution < 1.29 is 24.5 Å². The summed E-state index contributed by atoms with van der Waals surface area (Å²) in [6.45, 7) is 4.80. The van der Waals surface area contributed by atoms with Gasteiger partial charge in [-0.3, -0.25) is 9.59 Å². The molecule has 1 amide bonds. The topological polar surface area (TPSA) is 95.9 Å². The lowest BCUT2D eigenvalue weighted by molar-refractivity contribution is -0.143. The van der Waals surface area contributed by atoms with Crippen LogP contribution in [0.3, 0.4) is 0 Å². The molecule has 0 radical (unpaired) electrons. The smallest absolute Gasteiger partial charge is 0.305 e. The molecule has 0 aromatic heterocycles. The van der Waals surface area contributed by atoms with E-state index >= 15 is 0 Å². The fourth-order valence-electron chi connectivity index (χ4n) is 10.7. The van der Waals surface area contributed by atoms with E-state index in [4.69, 9.17) is 4.74 Å². The van der Waals surface area contributed by atoms with E-state index in [0.717, 1.165) is 57.8 Å². The fraction of sp³-hybridized carbons (Fsp3) is 0.836. The number of carbonyl (C=O) groups is 2. The summed E-state index contributed by atoms with van der Waals surface area (Å²) >= 11 is 0. The molecule has 0 saturated carbocycles. The van der Waals surface area contributed by atoms with Crippen LogP contribution in [0.1, 0.15) is 367 Å². The number of amides is 1. The van der Waals surface area contributed by atoms with E-state index in [1.165, 1.54) is 283 Å². The van der Waals surface area contributed by atoms with Crippen LogP contribution in [0, 0.1) is 0 Å². The Labute approximate surface area is 492 Å². The van der Waals surface area contributed by atoms with Crippen LogP contribution in [0.5, 0.6) is 0 Å². The summed E-state index contributed by atoms with van der Waals surface area (Å²) in [6, 6.07) is -0.635. The number of allylic oxidation sites excluding steroid dienone is 8. The first-order valence-corrected chi connectivity index (χ1v) is 35.1. The fourth-order valence-corrected chi connectivity index (χ4v) is 10.7. The highest BCUT2D eigenvalue weighted by atomic mass is 16.5. The predicted molar refractivity (Wildman–Crippen MR) is 347 cm³/mol. The van der Waals surface area contributed by atoms with Gasteiger partial charge in [-0.15, -0.1) is 0 Å². The van der Waals surface area contributed by atoms with Gasteiger partial charge in [0.1, 0.15) is 0 Å². The van der Waals surface area contributed by atoms with Crippen molar-refractivity contribution in [3.05, 3.63) is 60.8 Å².